The number of fused-ring (bicyclic) bond motifs is 2. The first-order chi connectivity index (χ1) is 18.4. The standard InChI is InChI=1S/C28H33ClFN5O4/c1-6-20(37)33-10-11-34-17(13-33)15-39-25-22(27(34)38)26(35-14-16(32(4)5)12-28(35,2)3)31-24(23(25)29)21-18(30)8-7-9-19(21)36/h6-9,16-17,36H,1,10-15H2,2-5H3/t16-,17-/m1/s1. The molecule has 5 rings (SSSR count). The third-order valence-electron chi connectivity index (χ3n) is 8.01. The van der Waals surface area contributed by atoms with Gasteiger partial charge in [-0.2, -0.15) is 0 Å². The highest BCUT2D eigenvalue weighted by Gasteiger charge is 2.46. The summed E-state index contributed by atoms with van der Waals surface area (Å²) in [5, 5.41) is 10.6. The molecule has 0 spiro atoms. The van der Waals surface area contributed by atoms with Crippen LogP contribution in [0.1, 0.15) is 30.6 Å². The number of nitrogens with zero attached hydrogens (tertiary/aromatic N) is 5. The van der Waals surface area contributed by atoms with E-state index in [1.54, 1.807) is 9.80 Å². The molecule has 3 aliphatic heterocycles. The number of piperazine rings is 1. The molecule has 2 saturated heterocycles. The Hall–Kier alpha value is -3.37. The summed E-state index contributed by atoms with van der Waals surface area (Å²) < 4.78 is 21.3. The Morgan fingerprint density at radius 1 is 1.28 bits per heavy atom. The van der Waals surface area contributed by atoms with Gasteiger partial charge in [-0.05, 0) is 52.6 Å². The number of anilines is 1. The third-order valence-corrected chi connectivity index (χ3v) is 8.36. The van der Waals surface area contributed by atoms with Gasteiger partial charge in [-0.3, -0.25) is 9.59 Å². The van der Waals surface area contributed by atoms with Crippen molar-refractivity contribution in [3.63, 3.8) is 0 Å². The topological polar surface area (TPSA) is 89.5 Å². The molecule has 1 aromatic heterocycles. The number of carbonyl (C=O) groups is 2. The van der Waals surface area contributed by atoms with Crippen LogP contribution in [0.2, 0.25) is 5.02 Å². The molecule has 208 valence electrons. The highest BCUT2D eigenvalue weighted by Crippen LogP contribution is 2.48. The summed E-state index contributed by atoms with van der Waals surface area (Å²) in [6, 6.07) is 3.74. The predicted molar refractivity (Wildman–Crippen MR) is 147 cm³/mol. The Morgan fingerprint density at radius 3 is 2.67 bits per heavy atom. The van der Waals surface area contributed by atoms with Gasteiger partial charge >= 0.3 is 0 Å². The van der Waals surface area contributed by atoms with Crippen molar-refractivity contribution < 1.29 is 23.8 Å². The maximum absolute atomic E-state index is 15.1. The van der Waals surface area contributed by atoms with E-state index in [-0.39, 0.29) is 64.4 Å². The fourth-order valence-corrected chi connectivity index (χ4v) is 6.10. The molecule has 2 amide bonds. The van der Waals surface area contributed by atoms with E-state index in [0.717, 1.165) is 6.42 Å². The average Bonchev–Trinajstić information content (AvgIpc) is 3.14. The molecule has 1 N–H and O–H groups in total. The van der Waals surface area contributed by atoms with Crippen LogP contribution in [-0.4, -0.2) is 101 Å². The van der Waals surface area contributed by atoms with Crippen molar-refractivity contribution >= 4 is 29.2 Å². The Labute approximate surface area is 232 Å². The van der Waals surface area contributed by atoms with E-state index in [9.17, 15) is 14.7 Å². The molecule has 9 nitrogen and oxygen atoms in total. The number of hydrogen-bond donors (Lipinski definition) is 1. The minimum atomic E-state index is -0.696. The summed E-state index contributed by atoms with van der Waals surface area (Å²) in [6.45, 7) is 9.31. The number of rotatable bonds is 4. The zero-order valence-corrected chi connectivity index (χ0v) is 23.3. The third kappa shape index (κ3) is 4.59. The second-order valence-corrected chi connectivity index (χ2v) is 11.5. The van der Waals surface area contributed by atoms with E-state index >= 15 is 4.39 Å². The largest absolute Gasteiger partial charge is 0.507 e. The lowest BCUT2D eigenvalue weighted by atomic mass is 9.99. The molecule has 11 heteroatoms. The number of pyridine rings is 1. The molecule has 0 unspecified atom stereocenters. The van der Waals surface area contributed by atoms with Crippen molar-refractivity contribution in [1.82, 2.24) is 19.7 Å². The number of benzene rings is 1. The molecule has 0 aliphatic carbocycles. The van der Waals surface area contributed by atoms with Crippen molar-refractivity contribution in [1.29, 1.82) is 0 Å². The molecule has 4 heterocycles. The fourth-order valence-electron chi connectivity index (χ4n) is 5.81. The molecule has 0 saturated carbocycles. The number of phenolic OH excluding ortho intramolecular Hbond substituents is 1. The van der Waals surface area contributed by atoms with Crippen LogP contribution in [0.4, 0.5) is 10.2 Å². The first kappa shape index (κ1) is 27.2. The molecule has 2 aromatic rings. The SMILES string of the molecule is C=CC(=O)N1CCN2C(=O)c3c(N4C[C@H](N(C)C)CC4(C)C)nc(-c4c(O)cccc4F)c(Cl)c3OC[C@H]2C1. The van der Waals surface area contributed by atoms with Gasteiger partial charge in [-0.15, -0.1) is 0 Å². The Bertz CT molecular complexity index is 1330. The molecular formula is C28H33ClFN5O4. The second-order valence-electron chi connectivity index (χ2n) is 11.1. The summed E-state index contributed by atoms with van der Waals surface area (Å²) >= 11 is 6.83. The van der Waals surface area contributed by atoms with Crippen molar-refractivity contribution in [2.45, 2.75) is 37.9 Å². The van der Waals surface area contributed by atoms with Gasteiger partial charge in [-0.1, -0.05) is 24.2 Å². The van der Waals surface area contributed by atoms with E-state index < -0.39 is 17.4 Å². The van der Waals surface area contributed by atoms with E-state index in [4.69, 9.17) is 21.3 Å². The lowest BCUT2D eigenvalue weighted by Gasteiger charge is -2.40. The first-order valence-electron chi connectivity index (χ1n) is 12.9. The smallest absolute Gasteiger partial charge is 0.261 e. The fraction of sp³-hybridized carbons (Fsp3) is 0.464. The van der Waals surface area contributed by atoms with Crippen LogP contribution in [0, 0.1) is 5.82 Å². The number of halogens is 2. The predicted octanol–water partition coefficient (Wildman–Crippen LogP) is 3.40. The van der Waals surface area contributed by atoms with Crippen LogP contribution in [-0.2, 0) is 4.79 Å². The zero-order chi connectivity index (χ0) is 28.2. The van der Waals surface area contributed by atoms with Crippen molar-refractivity contribution in [2.75, 3.05) is 51.8 Å². The van der Waals surface area contributed by atoms with Gasteiger partial charge in [-0.25, -0.2) is 9.37 Å². The zero-order valence-electron chi connectivity index (χ0n) is 22.6. The second kappa shape index (κ2) is 9.98. The number of phenols is 1. The quantitative estimate of drug-likeness (QED) is 0.576. The monoisotopic (exact) mass is 557 g/mol. The van der Waals surface area contributed by atoms with Gasteiger partial charge < -0.3 is 29.4 Å². The van der Waals surface area contributed by atoms with Gasteiger partial charge in [0.15, 0.2) is 5.75 Å². The first-order valence-corrected chi connectivity index (χ1v) is 13.3. The average molecular weight is 558 g/mol. The number of carbonyl (C=O) groups excluding carboxylic acids is 2. The molecule has 39 heavy (non-hydrogen) atoms. The Morgan fingerprint density at radius 2 is 2.03 bits per heavy atom. The van der Waals surface area contributed by atoms with Crippen LogP contribution in [0.15, 0.2) is 30.9 Å². The van der Waals surface area contributed by atoms with Gasteiger partial charge in [0.1, 0.15) is 40.3 Å². The molecule has 1 aromatic carbocycles. The molecule has 0 bridgehead atoms. The maximum atomic E-state index is 15.1. The summed E-state index contributed by atoms with van der Waals surface area (Å²) in [5.41, 5.74) is -0.355. The van der Waals surface area contributed by atoms with Crippen molar-refractivity contribution in [3.8, 4) is 22.8 Å². The van der Waals surface area contributed by atoms with Gasteiger partial charge in [0.2, 0.25) is 5.91 Å². The summed E-state index contributed by atoms with van der Waals surface area (Å²) in [7, 11) is 4.01. The van der Waals surface area contributed by atoms with Crippen molar-refractivity contribution in [3.05, 3.63) is 47.3 Å². The molecule has 2 fully saturated rings. The highest BCUT2D eigenvalue weighted by atomic mass is 35.5. The molecule has 3 aliphatic rings. The van der Waals surface area contributed by atoms with E-state index in [2.05, 4.69) is 25.3 Å². The van der Waals surface area contributed by atoms with E-state index in [1.165, 1.54) is 24.3 Å². The maximum Gasteiger partial charge on any atom is 0.261 e. The number of amides is 2. The Kier molecular flexibility index (Phi) is 6.97. The summed E-state index contributed by atoms with van der Waals surface area (Å²) in [5.74, 6) is -1.11. The van der Waals surface area contributed by atoms with Crippen LogP contribution in [0.25, 0.3) is 11.3 Å². The number of aromatic hydroxyl groups is 1. The van der Waals surface area contributed by atoms with Gasteiger partial charge in [0, 0.05) is 37.8 Å². The minimum Gasteiger partial charge on any atom is -0.507 e. The van der Waals surface area contributed by atoms with E-state index in [1.807, 2.05) is 19.0 Å². The Balaban J connectivity index is 1.70. The minimum absolute atomic E-state index is 0.00116. The summed E-state index contributed by atoms with van der Waals surface area (Å²) in [4.78, 5) is 38.8. The van der Waals surface area contributed by atoms with E-state index in [0.29, 0.717) is 25.5 Å². The molecule has 0 radical (unpaired) electrons. The van der Waals surface area contributed by atoms with Gasteiger partial charge in [0.05, 0.1) is 11.6 Å². The number of likely N-dealkylation sites (N-methyl/N-ethyl adjacent to an activating group) is 1. The summed E-state index contributed by atoms with van der Waals surface area (Å²) in [6.07, 6.45) is 2.06. The van der Waals surface area contributed by atoms with Gasteiger partial charge in [0.25, 0.3) is 5.91 Å². The number of ether oxygens (including phenoxy) is 1. The number of aromatic nitrogens is 1. The highest BCUT2D eigenvalue weighted by molar-refractivity contribution is 6.35. The van der Waals surface area contributed by atoms with Crippen molar-refractivity contribution in [2.24, 2.45) is 0 Å². The van der Waals surface area contributed by atoms with Crippen LogP contribution >= 0.6 is 11.6 Å². The normalized spacial score (nSPS) is 22.3. The molecule has 2 atom stereocenters. The lowest BCUT2D eigenvalue weighted by Crippen LogP contribution is -2.57. The van der Waals surface area contributed by atoms with Crippen LogP contribution in [0.5, 0.6) is 11.5 Å². The van der Waals surface area contributed by atoms with Crippen LogP contribution < -0.4 is 9.64 Å². The lowest BCUT2D eigenvalue weighted by molar-refractivity contribution is -0.128. The van der Waals surface area contributed by atoms with Crippen LogP contribution in [0.3, 0.4) is 0 Å². The number of hydrogen-bond acceptors (Lipinski definition) is 7. The molecular weight excluding hydrogens is 525 g/mol.